The maximum Gasteiger partial charge on any atom is 0.421 e. The van der Waals surface area contributed by atoms with Gasteiger partial charge in [-0.15, -0.1) is 0 Å². The number of Topliss-reactive ketones (excluding diaryl/α,β-unsaturated/α-hetero) is 1. The SMILES string of the molecule is CC(O)(c1ccc2c(c1)CC[C@@H](CC(=O)Cc1ccccc1CO)N2S(=O)(=O)c1ccc(F)cc1)C(F)(F)F. The van der Waals surface area contributed by atoms with Crippen molar-refractivity contribution >= 4 is 21.5 Å². The Morgan fingerprint density at radius 1 is 1.03 bits per heavy atom. The van der Waals surface area contributed by atoms with Gasteiger partial charge in [0.2, 0.25) is 0 Å². The predicted molar refractivity (Wildman–Crippen MR) is 136 cm³/mol. The topological polar surface area (TPSA) is 94.9 Å². The van der Waals surface area contributed by atoms with Crippen LogP contribution in [0.5, 0.6) is 0 Å². The smallest absolute Gasteiger partial charge is 0.392 e. The molecule has 0 fully saturated rings. The molecular weight excluding hydrogens is 538 g/mol. The van der Waals surface area contributed by atoms with E-state index in [2.05, 4.69) is 0 Å². The second-order valence-corrected chi connectivity index (χ2v) is 11.5. The number of hydrogen-bond donors (Lipinski definition) is 2. The van der Waals surface area contributed by atoms with Crippen LogP contribution in [0.15, 0.2) is 71.6 Å². The van der Waals surface area contributed by atoms with E-state index in [1.165, 1.54) is 6.07 Å². The van der Waals surface area contributed by atoms with Crippen LogP contribution in [0, 0.1) is 5.82 Å². The Morgan fingerprint density at radius 2 is 1.67 bits per heavy atom. The number of aliphatic hydroxyl groups is 2. The van der Waals surface area contributed by atoms with Gasteiger partial charge in [0.25, 0.3) is 10.0 Å². The molecule has 0 saturated heterocycles. The monoisotopic (exact) mass is 565 g/mol. The van der Waals surface area contributed by atoms with Gasteiger partial charge in [-0.05, 0) is 72.4 Å². The number of ketones is 1. The summed E-state index contributed by atoms with van der Waals surface area (Å²) in [6.45, 7) is 0.353. The van der Waals surface area contributed by atoms with Crippen LogP contribution in [-0.4, -0.2) is 36.6 Å². The van der Waals surface area contributed by atoms with Gasteiger partial charge in [-0.2, -0.15) is 13.2 Å². The molecule has 4 rings (SSSR count). The van der Waals surface area contributed by atoms with Crippen LogP contribution >= 0.6 is 0 Å². The van der Waals surface area contributed by atoms with Gasteiger partial charge in [-0.3, -0.25) is 9.10 Å². The minimum Gasteiger partial charge on any atom is -0.392 e. The second-order valence-electron chi connectivity index (χ2n) is 9.71. The number of sulfonamides is 1. The van der Waals surface area contributed by atoms with E-state index < -0.39 is 39.2 Å². The van der Waals surface area contributed by atoms with E-state index in [0.29, 0.717) is 18.1 Å². The summed E-state index contributed by atoms with van der Waals surface area (Å²) in [5.74, 6) is -0.943. The molecule has 2 atom stereocenters. The summed E-state index contributed by atoms with van der Waals surface area (Å²) in [5.41, 5.74) is -2.08. The van der Waals surface area contributed by atoms with Gasteiger partial charge >= 0.3 is 6.18 Å². The molecule has 0 aromatic heterocycles. The first-order valence-electron chi connectivity index (χ1n) is 12.2. The third-order valence-electron chi connectivity index (χ3n) is 7.02. The Hall–Kier alpha value is -3.28. The fourth-order valence-electron chi connectivity index (χ4n) is 4.77. The fraction of sp³-hybridized carbons (Fsp3) is 0.321. The lowest BCUT2D eigenvalue weighted by molar-refractivity contribution is -0.258. The Labute approximate surface area is 223 Å². The minimum atomic E-state index is -4.96. The van der Waals surface area contributed by atoms with E-state index in [0.717, 1.165) is 40.7 Å². The molecule has 39 heavy (non-hydrogen) atoms. The van der Waals surface area contributed by atoms with E-state index in [9.17, 15) is 41.0 Å². The highest BCUT2D eigenvalue weighted by atomic mass is 32.2. The largest absolute Gasteiger partial charge is 0.421 e. The van der Waals surface area contributed by atoms with Crippen molar-refractivity contribution in [2.24, 2.45) is 0 Å². The molecule has 1 aliphatic rings. The molecule has 0 bridgehead atoms. The Morgan fingerprint density at radius 3 is 2.28 bits per heavy atom. The van der Waals surface area contributed by atoms with Crippen molar-refractivity contribution in [1.29, 1.82) is 0 Å². The number of alkyl halides is 3. The van der Waals surface area contributed by atoms with E-state index in [-0.39, 0.29) is 54.2 Å². The summed E-state index contributed by atoms with van der Waals surface area (Å²) in [4.78, 5) is 12.9. The highest BCUT2D eigenvalue weighted by molar-refractivity contribution is 7.92. The molecule has 1 heterocycles. The zero-order valence-corrected chi connectivity index (χ0v) is 21.8. The number of halogens is 4. The van der Waals surface area contributed by atoms with Crippen molar-refractivity contribution in [2.45, 2.75) is 61.9 Å². The summed E-state index contributed by atoms with van der Waals surface area (Å²) in [7, 11) is -4.36. The molecule has 6 nitrogen and oxygen atoms in total. The molecule has 1 unspecified atom stereocenters. The van der Waals surface area contributed by atoms with E-state index >= 15 is 0 Å². The van der Waals surface area contributed by atoms with Gasteiger partial charge in [-0.1, -0.05) is 36.4 Å². The fourth-order valence-corrected chi connectivity index (χ4v) is 6.48. The Kier molecular flexibility index (Phi) is 7.89. The number of hydrogen-bond acceptors (Lipinski definition) is 5. The summed E-state index contributed by atoms with van der Waals surface area (Å²) in [6.07, 6.45) is -4.91. The number of fused-ring (bicyclic) bond motifs is 1. The molecule has 0 aliphatic carbocycles. The molecule has 3 aromatic rings. The number of aryl methyl sites for hydroxylation is 1. The maximum absolute atomic E-state index is 13.8. The molecule has 0 radical (unpaired) electrons. The first-order valence-corrected chi connectivity index (χ1v) is 13.6. The van der Waals surface area contributed by atoms with Crippen molar-refractivity contribution in [2.75, 3.05) is 4.31 Å². The van der Waals surface area contributed by atoms with Crippen LogP contribution in [0.3, 0.4) is 0 Å². The van der Waals surface area contributed by atoms with E-state index in [4.69, 9.17) is 0 Å². The number of aliphatic hydroxyl groups excluding tert-OH is 1. The normalized spacial score (nSPS) is 17.4. The van der Waals surface area contributed by atoms with Gasteiger partial charge in [0, 0.05) is 12.8 Å². The maximum atomic E-state index is 13.8. The van der Waals surface area contributed by atoms with E-state index in [1.807, 2.05) is 0 Å². The van der Waals surface area contributed by atoms with Gasteiger partial charge in [0.05, 0.1) is 23.2 Å². The molecule has 1 aliphatic heterocycles. The quantitative estimate of drug-likeness (QED) is 0.383. The van der Waals surface area contributed by atoms with Crippen LogP contribution in [0.4, 0.5) is 23.2 Å². The number of carbonyl (C=O) groups excluding carboxylic acids is 1. The number of rotatable bonds is 8. The summed E-state index contributed by atoms with van der Waals surface area (Å²) in [6, 6.07) is 13.4. The Balaban J connectivity index is 1.74. The van der Waals surface area contributed by atoms with Gasteiger partial charge in [0.1, 0.15) is 11.6 Å². The molecule has 2 N–H and O–H groups in total. The molecule has 208 valence electrons. The zero-order valence-electron chi connectivity index (χ0n) is 21.0. The highest BCUT2D eigenvalue weighted by Gasteiger charge is 2.51. The lowest BCUT2D eigenvalue weighted by atomic mass is 9.88. The standard InChI is InChI=1S/C28H27F4NO5S/c1-27(36,28(30,31)32)21-7-13-26-19(14-21)6-10-23(16-24(35)15-18-4-2-3-5-20(18)17-34)33(26)39(37,38)25-11-8-22(29)9-12-25/h2-5,7-9,11-14,23,34,36H,6,10,15-17H2,1H3/t23-,27?/m0/s1. The third-order valence-corrected chi connectivity index (χ3v) is 8.90. The Bertz CT molecular complexity index is 1470. The molecular formula is C28H27F4NO5S. The number of nitrogens with zero attached hydrogens (tertiary/aromatic N) is 1. The molecule has 0 amide bonds. The number of anilines is 1. The van der Waals surface area contributed by atoms with Crippen LogP contribution in [0.1, 0.15) is 42.0 Å². The molecule has 0 saturated carbocycles. The third kappa shape index (κ3) is 5.70. The first kappa shape index (κ1) is 28.7. The highest BCUT2D eigenvalue weighted by Crippen LogP contribution is 2.43. The summed E-state index contributed by atoms with van der Waals surface area (Å²) in [5, 5.41) is 19.7. The summed E-state index contributed by atoms with van der Waals surface area (Å²) < 4.78 is 82.5. The number of benzene rings is 3. The van der Waals surface area contributed by atoms with Crippen LogP contribution in [-0.2, 0) is 39.9 Å². The number of carbonyl (C=O) groups is 1. The lowest BCUT2D eigenvalue weighted by Gasteiger charge is -2.38. The van der Waals surface area contributed by atoms with Crippen molar-refractivity contribution in [1.82, 2.24) is 0 Å². The van der Waals surface area contributed by atoms with Crippen molar-refractivity contribution in [3.8, 4) is 0 Å². The predicted octanol–water partition coefficient (Wildman–Crippen LogP) is 4.80. The minimum absolute atomic E-state index is 0.0437. The van der Waals surface area contributed by atoms with Gasteiger partial charge in [0.15, 0.2) is 5.60 Å². The molecule has 0 spiro atoms. The van der Waals surface area contributed by atoms with Crippen molar-refractivity contribution in [3.05, 3.63) is 94.8 Å². The second kappa shape index (κ2) is 10.7. The van der Waals surface area contributed by atoms with Crippen molar-refractivity contribution < 1.29 is 41.0 Å². The van der Waals surface area contributed by atoms with Crippen LogP contribution in [0.25, 0.3) is 0 Å². The van der Waals surface area contributed by atoms with Gasteiger partial charge < -0.3 is 10.2 Å². The molecule has 3 aromatic carbocycles. The zero-order chi connectivity index (χ0) is 28.6. The lowest BCUT2D eigenvalue weighted by Crippen LogP contribution is -2.45. The average molecular weight is 566 g/mol. The molecule has 11 heteroatoms. The van der Waals surface area contributed by atoms with E-state index in [1.54, 1.807) is 24.3 Å². The van der Waals surface area contributed by atoms with Crippen LogP contribution < -0.4 is 4.31 Å². The van der Waals surface area contributed by atoms with Crippen LogP contribution in [0.2, 0.25) is 0 Å². The van der Waals surface area contributed by atoms with Crippen molar-refractivity contribution in [3.63, 3.8) is 0 Å². The summed E-state index contributed by atoms with van der Waals surface area (Å²) >= 11 is 0. The average Bonchev–Trinajstić information content (AvgIpc) is 2.88. The van der Waals surface area contributed by atoms with Gasteiger partial charge in [-0.25, -0.2) is 12.8 Å². The first-order chi connectivity index (χ1) is 18.3.